The molecular weight excluding hydrogens is 216 g/mol. The molecule has 2 atom stereocenters. The van der Waals surface area contributed by atoms with Crippen LogP contribution in [0.25, 0.3) is 0 Å². The van der Waals surface area contributed by atoms with Gasteiger partial charge in [-0.1, -0.05) is 6.42 Å². The van der Waals surface area contributed by atoms with E-state index >= 15 is 0 Å². The van der Waals surface area contributed by atoms with Crippen LogP contribution in [0.4, 0.5) is 4.79 Å². The highest BCUT2D eigenvalue weighted by atomic mass is 16.5. The lowest BCUT2D eigenvalue weighted by atomic mass is 10.0. The molecule has 3 rings (SSSR count). The normalized spacial score (nSPS) is 33.8. The maximum atomic E-state index is 12.1. The molecule has 2 aliphatic heterocycles. The summed E-state index contributed by atoms with van der Waals surface area (Å²) >= 11 is 0. The number of nitrogens with one attached hydrogen (secondary N) is 1. The van der Waals surface area contributed by atoms with Crippen molar-refractivity contribution in [2.24, 2.45) is 11.8 Å². The van der Waals surface area contributed by atoms with Crippen molar-refractivity contribution in [3.05, 3.63) is 0 Å². The fraction of sp³-hybridized carbons (Fsp3) is 0.923. The fourth-order valence-corrected chi connectivity index (χ4v) is 3.51. The zero-order valence-corrected chi connectivity index (χ0v) is 10.4. The highest BCUT2D eigenvalue weighted by Crippen LogP contribution is 2.37. The average Bonchev–Trinajstić information content (AvgIpc) is 2.90. The second-order valence-electron chi connectivity index (χ2n) is 5.69. The number of ether oxygens (including phenoxy) is 1. The van der Waals surface area contributed by atoms with E-state index in [1.807, 2.05) is 4.90 Å². The predicted molar refractivity (Wildman–Crippen MR) is 64.8 cm³/mol. The number of amides is 2. The first-order valence-corrected chi connectivity index (χ1v) is 6.96. The molecular formula is C13H22N2O2. The van der Waals surface area contributed by atoms with E-state index in [0.717, 1.165) is 51.0 Å². The van der Waals surface area contributed by atoms with E-state index < -0.39 is 0 Å². The lowest BCUT2D eigenvalue weighted by molar-refractivity contribution is 0.0784. The molecule has 4 heteroatoms. The van der Waals surface area contributed by atoms with Crippen LogP contribution < -0.4 is 5.32 Å². The SMILES string of the molecule is O=C(NC1CCOCC1)N1CC2CCCC2C1. The van der Waals surface area contributed by atoms with Gasteiger partial charge in [-0.15, -0.1) is 0 Å². The van der Waals surface area contributed by atoms with Gasteiger partial charge in [0.2, 0.25) is 0 Å². The van der Waals surface area contributed by atoms with Crippen molar-refractivity contribution >= 4 is 6.03 Å². The third kappa shape index (κ3) is 2.41. The molecule has 0 bridgehead atoms. The number of hydrogen-bond donors (Lipinski definition) is 1. The number of carbonyl (C=O) groups is 1. The number of hydrogen-bond acceptors (Lipinski definition) is 2. The van der Waals surface area contributed by atoms with E-state index in [-0.39, 0.29) is 6.03 Å². The summed E-state index contributed by atoms with van der Waals surface area (Å²) in [6.45, 7) is 3.55. The lowest BCUT2D eigenvalue weighted by Crippen LogP contribution is -2.46. The Labute approximate surface area is 103 Å². The minimum absolute atomic E-state index is 0.159. The van der Waals surface area contributed by atoms with Gasteiger partial charge in [-0.05, 0) is 37.5 Å². The standard InChI is InChI=1S/C13H22N2O2/c16-13(14-12-4-6-17-7-5-12)15-8-10-2-1-3-11(10)9-15/h10-12H,1-9H2,(H,14,16). The summed E-state index contributed by atoms with van der Waals surface area (Å²) in [6.07, 6.45) is 5.95. The second-order valence-corrected chi connectivity index (χ2v) is 5.69. The summed E-state index contributed by atoms with van der Waals surface area (Å²) in [4.78, 5) is 14.2. The van der Waals surface area contributed by atoms with Crippen LogP contribution >= 0.6 is 0 Å². The van der Waals surface area contributed by atoms with E-state index in [0.29, 0.717) is 6.04 Å². The Kier molecular flexibility index (Phi) is 3.23. The number of likely N-dealkylation sites (tertiary alicyclic amines) is 1. The smallest absolute Gasteiger partial charge is 0.317 e. The quantitative estimate of drug-likeness (QED) is 0.754. The highest BCUT2D eigenvalue weighted by molar-refractivity contribution is 5.74. The maximum absolute atomic E-state index is 12.1. The van der Waals surface area contributed by atoms with Crippen molar-refractivity contribution in [1.82, 2.24) is 10.2 Å². The third-order valence-corrected chi connectivity index (χ3v) is 4.56. The van der Waals surface area contributed by atoms with Crippen molar-refractivity contribution in [2.45, 2.75) is 38.1 Å². The monoisotopic (exact) mass is 238 g/mol. The van der Waals surface area contributed by atoms with Gasteiger partial charge in [0.05, 0.1) is 0 Å². The first-order valence-electron chi connectivity index (χ1n) is 6.96. The minimum atomic E-state index is 0.159. The summed E-state index contributed by atoms with van der Waals surface area (Å²) in [5.41, 5.74) is 0. The van der Waals surface area contributed by atoms with Gasteiger partial charge in [-0.25, -0.2) is 4.79 Å². The summed E-state index contributed by atoms with van der Waals surface area (Å²) in [6, 6.07) is 0.489. The second kappa shape index (κ2) is 4.84. The first kappa shape index (κ1) is 11.3. The molecule has 4 nitrogen and oxygen atoms in total. The molecule has 2 unspecified atom stereocenters. The van der Waals surface area contributed by atoms with Crippen LogP contribution in [-0.4, -0.2) is 43.3 Å². The average molecular weight is 238 g/mol. The van der Waals surface area contributed by atoms with Crippen molar-refractivity contribution in [3.63, 3.8) is 0 Å². The van der Waals surface area contributed by atoms with E-state index in [1.165, 1.54) is 19.3 Å². The number of carbonyl (C=O) groups excluding carboxylic acids is 1. The van der Waals surface area contributed by atoms with Crippen LogP contribution in [0.3, 0.4) is 0 Å². The van der Waals surface area contributed by atoms with Gasteiger partial charge in [0.15, 0.2) is 0 Å². The topological polar surface area (TPSA) is 41.6 Å². The number of fused-ring (bicyclic) bond motifs is 1. The zero-order valence-electron chi connectivity index (χ0n) is 10.4. The zero-order chi connectivity index (χ0) is 11.7. The molecule has 1 aliphatic carbocycles. The van der Waals surface area contributed by atoms with Crippen molar-refractivity contribution in [3.8, 4) is 0 Å². The lowest BCUT2D eigenvalue weighted by Gasteiger charge is -2.26. The van der Waals surface area contributed by atoms with Gasteiger partial charge in [-0.3, -0.25) is 0 Å². The van der Waals surface area contributed by atoms with Crippen LogP contribution in [0.5, 0.6) is 0 Å². The Morgan fingerprint density at radius 1 is 1.06 bits per heavy atom. The molecule has 2 heterocycles. The molecule has 3 aliphatic rings. The first-order chi connectivity index (χ1) is 8.33. The molecule has 0 aromatic heterocycles. The third-order valence-electron chi connectivity index (χ3n) is 4.56. The van der Waals surface area contributed by atoms with Gasteiger partial charge in [-0.2, -0.15) is 0 Å². The molecule has 1 saturated carbocycles. The molecule has 1 N–H and O–H groups in total. The van der Waals surface area contributed by atoms with Crippen molar-refractivity contribution < 1.29 is 9.53 Å². The molecule has 0 aromatic carbocycles. The van der Waals surface area contributed by atoms with Crippen LogP contribution in [0, 0.1) is 11.8 Å². The van der Waals surface area contributed by atoms with Crippen LogP contribution in [-0.2, 0) is 4.74 Å². The van der Waals surface area contributed by atoms with Crippen LogP contribution in [0.15, 0.2) is 0 Å². The summed E-state index contributed by atoms with van der Waals surface area (Å²) in [5, 5.41) is 3.16. The predicted octanol–water partition coefficient (Wildman–Crippen LogP) is 1.61. The van der Waals surface area contributed by atoms with Gasteiger partial charge in [0, 0.05) is 32.3 Å². The van der Waals surface area contributed by atoms with E-state index in [9.17, 15) is 4.79 Å². The molecule has 0 spiro atoms. The molecule has 0 radical (unpaired) electrons. The Balaban J connectivity index is 1.49. The number of nitrogens with zero attached hydrogens (tertiary/aromatic N) is 1. The summed E-state index contributed by atoms with van der Waals surface area (Å²) in [7, 11) is 0. The van der Waals surface area contributed by atoms with Gasteiger partial charge >= 0.3 is 6.03 Å². The Morgan fingerprint density at radius 2 is 1.71 bits per heavy atom. The Morgan fingerprint density at radius 3 is 2.35 bits per heavy atom. The Bertz CT molecular complexity index is 277. The Hall–Kier alpha value is -0.770. The van der Waals surface area contributed by atoms with Gasteiger partial charge in [0.25, 0.3) is 0 Å². The van der Waals surface area contributed by atoms with Crippen molar-refractivity contribution in [2.75, 3.05) is 26.3 Å². The van der Waals surface area contributed by atoms with Gasteiger partial charge in [0.1, 0.15) is 0 Å². The largest absolute Gasteiger partial charge is 0.381 e. The van der Waals surface area contributed by atoms with Crippen molar-refractivity contribution in [1.29, 1.82) is 0 Å². The molecule has 2 saturated heterocycles. The van der Waals surface area contributed by atoms with E-state index in [2.05, 4.69) is 5.32 Å². The summed E-state index contributed by atoms with van der Waals surface area (Å²) in [5.74, 6) is 1.57. The highest BCUT2D eigenvalue weighted by Gasteiger charge is 2.38. The van der Waals surface area contributed by atoms with Crippen LogP contribution in [0.1, 0.15) is 32.1 Å². The molecule has 3 fully saturated rings. The molecule has 96 valence electrons. The van der Waals surface area contributed by atoms with E-state index in [4.69, 9.17) is 4.74 Å². The summed E-state index contributed by atoms with van der Waals surface area (Å²) < 4.78 is 5.30. The molecule has 17 heavy (non-hydrogen) atoms. The van der Waals surface area contributed by atoms with Crippen LogP contribution in [0.2, 0.25) is 0 Å². The van der Waals surface area contributed by atoms with E-state index in [1.54, 1.807) is 0 Å². The number of urea groups is 1. The fourth-order valence-electron chi connectivity index (χ4n) is 3.51. The number of rotatable bonds is 1. The minimum Gasteiger partial charge on any atom is -0.381 e. The van der Waals surface area contributed by atoms with Gasteiger partial charge < -0.3 is 15.0 Å². The molecule has 2 amide bonds. The maximum Gasteiger partial charge on any atom is 0.317 e. The molecule has 0 aromatic rings.